The maximum atomic E-state index is 13.2. The third kappa shape index (κ3) is 3.11. The van der Waals surface area contributed by atoms with Crippen molar-refractivity contribution >= 4 is 29.2 Å². The molecule has 3 rings (SSSR count). The molecule has 1 aromatic carbocycles. The number of hydrogen-bond donors (Lipinski definition) is 1. The molecule has 0 spiro atoms. The molecular weight excluding hydrogens is 365 g/mol. The van der Waals surface area contributed by atoms with E-state index in [9.17, 15) is 23.6 Å². The van der Waals surface area contributed by atoms with Crippen LogP contribution in [0.25, 0.3) is 0 Å². The third-order valence-electron chi connectivity index (χ3n) is 4.92. The maximum absolute atomic E-state index is 13.2. The van der Waals surface area contributed by atoms with Gasteiger partial charge in [0.1, 0.15) is 11.9 Å². The van der Waals surface area contributed by atoms with Crippen LogP contribution in [0.4, 0.5) is 14.9 Å². The highest BCUT2D eigenvalue weighted by Crippen LogP contribution is 2.27. The maximum Gasteiger partial charge on any atom is 0.332 e. The topological polar surface area (TPSA) is 90.6 Å². The van der Waals surface area contributed by atoms with Crippen LogP contribution in [0.1, 0.15) is 46.0 Å². The number of amides is 3. The number of nitrogens with one attached hydrogen (secondary N) is 1. The Labute approximate surface area is 161 Å². The second-order valence-corrected chi connectivity index (χ2v) is 6.83. The first kappa shape index (κ1) is 19.5. The number of urea groups is 1. The highest BCUT2D eigenvalue weighted by atomic mass is 19.1. The van der Waals surface area contributed by atoms with E-state index in [2.05, 4.69) is 4.98 Å². The molecule has 8 heteroatoms. The van der Waals surface area contributed by atoms with Gasteiger partial charge < -0.3 is 4.98 Å². The molecule has 0 bridgehead atoms. The average Bonchev–Trinajstić information content (AvgIpc) is 3.04. The van der Waals surface area contributed by atoms with E-state index in [1.54, 1.807) is 20.8 Å². The fourth-order valence-electron chi connectivity index (χ4n) is 3.59. The molecule has 1 fully saturated rings. The number of aromatic nitrogens is 1. The molecule has 1 aliphatic rings. The van der Waals surface area contributed by atoms with Crippen LogP contribution in [0, 0.1) is 19.7 Å². The normalized spacial score (nSPS) is 16.8. The van der Waals surface area contributed by atoms with E-state index in [0.29, 0.717) is 22.5 Å². The predicted octanol–water partition coefficient (Wildman–Crippen LogP) is 3.01. The van der Waals surface area contributed by atoms with E-state index >= 15 is 0 Å². The largest absolute Gasteiger partial charge is 0.355 e. The van der Waals surface area contributed by atoms with E-state index in [-0.39, 0.29) is 11.5 Å². The second-order valence-electron chi connectivity index (χ2n) is 6.83. The van der Waals surface area contributed by atoms with Crippen molar-refractivity contribution in [2.75, 3.05) is 11.4 Å². The van der Waals surface area contributed by atoms with Gasteiger partial charge in [-0.05, 0) is 57.5 Å². The van der Waals surface area contributed by atoms with Crippen molar-refractivity contribution < 1.29 is 23.6 Å². The van der Waals surface area contributed by atoms with Crippen LogP contribution >= 0.6 is 0 Å². The Morgan fingerprint density at radius 1 is 1.14 bits per heavy atom. The Kier molecular flexibility index (Phi) is 4.89. The van der Waals surface area contributed by atoms with Crippen LogP contribution in [0.15, 0.2) is 24.3 Å². The zero-order valence-electron chi connectivity index (χ0n) is 16.0. The number of carbonyl (C=O) groups is 4. The van der Waals surface area contributed by atoms with E-state index in [4.69, 9.17) is 0 Å². The van der Waals surface area contributed by atoms with Crippen molar-refractivity contribution in [3.63, 3.8) is 0 Å². The summed E-state index contributed by atoms with van der Waals surface area (Å²) < 4.78 is 13.2. The van der Waals surface area contributed by atoms with Crippen LogP contribution in [-0.4, -0.2) is 46.0 Å². The van der Waals surface area contributed by atoms with Crippen molar-refractivity contribution in [1.82, 2.24) is 9.88 Å². The Bertz CT molecular complexity index is 994. The Morgan fingerprint density at radius 3 is 2.29 bits per heavy atom. The zero-order valence-corrected chi connectivity index (χ0v) is 16.0. The smallest absolute Gasteiger partial charge is 0.332 e. The molecule has 2 heterocycles. The van der Waals surface area contributed by atoms with Gasteiger partial charge in [0, 0.05) is 16.9 Å². The van der Waals surface area contributed by atoms with Gasteiger partial charge in [-0.15, -0.1) is 0 Å². The summed E-state index contributed by atoms with van der Waals surface area (Å²) in [5.74, 6) is -1.62. The molecule has 1 N–H and O–H groups in total. The van der Waals surface area contributed by atoms with Gasteiger partial charge in [0.2, 0.25) is 0 Å². The van der Waals surface area contributed by atoms with Crippen LogP contribution in [0.2, 0.25) is 0 Å². The molecule has 1 aliphatic heterocycles. The fourth-order valence-corrected chi connectivity index (χ4v) is 3.59. The summed E-state index contributed by atoms with van der Waals surface area (Å²) in [7, 11) is 0. The lowest BCUT2D eigenvalue weighted by molar-refractivity contribution is -0.126. The Balaban J connectivity index is 1.86. The molecule has 1 aromatic heterocycles. The second kappa shape index (κ2) is 7.03. The number of aromatic amines is 1. The first-order valence-corrected chi connectivity index (χ1v) is 8.77. The molecule has 1 saturated heterocycles. The summed E-state index contributed by atoms with van der Waals surface area (Å²) in [6.45, 7) is 5.84. The summed E-state index contributed by atoms with van der Waals surface area (Å²) >= 11 is 0. The molecule has 0 radical (unpaired) electrons. The highest BCUT2D eigenvalue weighted by molar-refractivity contribution is 6.16. The van der Waals surface area contributed by atoms with Crippen LogP contribution in [-0.2, 0) is 4.79 Å². The zero-order chi connectivity index (χ0) is 20.7. The SMILES string of the molecule is CC(=O)c1c(C)[nH]c(C(=O)CN2C(=O)[C@H](C)N(c3ccc(F)cc3)C2=O)c1C. The van der Waals surface area contributed by atoms with Crippen molar-refractivity contribution in [2.24, 2.45) is 0 Å². The molecule has 0 saturated carbocycles. The van der Waals surface area contributed by atoms with Gasteiger partial charge in [0.25, 0.3) is 5.91 Å². The first-order chi connectivity index (χ1) is 13.1. The number of aryl methyl sites for hydroxylation is 1. The number of imide groups is 1. The van der Waals surface area contributed by atoms with Crippen LogP contribution < -0.4 is 4.90 Å². The number of rotatable bonds is 5. The van der Waals surface area contributed by atoms with Gasteiger partial charge >= 0.3 is 6.03 Å². The first-order valence-electron chi connectivity index (χ1n) is 8.77. The summed E-state index contributed by atoms with van der Waals surface area (Å²) in [5.41, 5.74) is 2.07. The standard InChI is InChI=1S/C20H20FN3O4/c1-10-17(13(4)25)11(2)22-18(10)16(26)9-23-19(27)12(3)24(20(23)28)15-7-5-14(21)6-8-15/h5-8,12,22H,9H2,1-4H3/t12-/m0/s1. The van der Waals surface area contributed by atoms with Crippen molar-refractivity contribution in [2.45, 2.75) is 33.7 Å². The van der Waals surface area contributed by atoms with Gasteiger partial charge in [-0.2, -0.15) is 0 Å². The number of carbonyl (C=O) groups excluding carboxylic acids is 4. The van der Waals surface area contributed by atoms with E-state index < -0.39 is 36.1 Å². The molecule has 1 atom stereocenters. The molecule has 28 heavy (non-hydrogen) atoms. The minimum Gasteiger partial charge on any atom is -0.355 e. The van der Waals surface area contributed by atoms with Crippen molar-refractivity contribution in [1.29, 1.82) is 0 Å². The van der Waals surface area contributed by atoms with E-state index in [1.165, 1.54) is 36.1 Å². The van der Waals surface area contributed by atoms with Crippen LogP contribution in [0.5, 0.6) is 0 Å². The summed E-state index contributed by atoms with van der Waals surface area (Å²) in [4.78, 5) is 54.8. The Hall–Kier alpha value is -3.29. The molecule has 3 amide bonds. The molecular formula is C20H20FN3O4. The van der Waals surface area contributed by atoms with E-state index in [1.807, 2.05) is 0 Å². The monoisotopic (exact) mass is 385 g/mol. The van der Waals surface area contributed by atoms with Gasteiger partial charge in [0.15, 0.2) is 11.6 Å². The minimum atomic E-state index is -0.815. The highest BCUT2D eigenvalue weighted by Gasteiger charge is 2.44. The third-order valence-corrected chi connectivity index (χ3v) is 4.92. The summed E-state index contributed by atoms with van der Waals surface area (Å²) in [5, 5.41) is 0. The van der Waals surface area contributed by atoms with Gasteiger partial charge in [0.05, 0.1) is 12.2 Å². The fraction of sp³-hybridized carbons (Fsp3) is 0.300. The van der Waals surface area contributed by atoms with Gasteiger partial charge in [-0.25, -0.2) is 9.18 Å². The number of nitrogens with zero attached hydrogens (tertiary/aromatic N) is 2. The number of anilines is 1. The van der Waals surface area contributed by atoms with E-state index in [0.717, 1.165) is 4.90 Å². The number of ketones is 2. The van der Waals surface area contributed by atoms with Crippen molar-refractivity contribution in [3.05, 3.63) is 52.6 Å². The predicted molar refractivity (Wildman–Crippen MR) is 100 cm³/mol. The van der Waals surface area contributed by atoms with Crippen LogP contribution in [0.3, 0.4) is 0 Å². The molecule has 2 aromatic rings. The lowest BCUT2D eigenvalue weighted by Gasteiger charge is -2.19. The number of benzene rings is 1. The lowest BCUT2D eigenvalue weighted by Crippen LogP contribution is -2.37. The number of Topliss-reactive ketones (excluding diaryl/α,β-unsaturated/α-hetero) is 2. The summed E-state index contributed by atoms with van der Waals surface area (Å²) in [6.07, 6.45) is 0. The lowest BCUT2D eigenvalue weighted by atomic mass is 10.1. The molecule has 0 unspecified atom stereocenters. The number of hydrogen-bond acceptors (Lipinski definition) is 4. The number of halogens is 1. The molecule has 7 nitrogen and oxygen atoms in total. The Morgan fingerprint density at radius 2 is 1.75 bits per heavy atom. The average molecular weight is 385 g/mol. The van der Waals surface area contributed by atoms with Crippen molar-refractivity contribution in [3.8, 4) is 0 Å². The van der Waals surface area contributed by atoms with Gasteiger partial charge in [-0.3, -0.25) is 24.2 Å². The summed E-state index contributed by atoms with van der Waals surface area (Å²) in [6, 6.07) is 3.74. The molecule has 146 valence electrons. The molecule has 0 aliphatic carbocycles. The van der Waals surface area contributed by atoms with Gasteiger partial charge in [-0.1, -0.05) is 0 Å². The minimum absolute atomic E-state index is 0.172. The quantitative estimate of drug-likeness (QED) is 0.633. The number of H-pyrrole nitrogens is 1.